The summed E-state index contributed by atoms with van der Waals surface area (Å²) in [4.78, 5) is 4.86. The zero-order chi connectivity index (χ0) is 41.5. The van der Waals surface area contributed by atoms with Crippen LogP contribution in [0.2, 0.25) is 0 Å². The minimum atomic E-state index is -0.599. The van der Waals surface area contributed by atoms with Gasteiger partial charge in [0.25, 0.3) is 0 Å². The molecule has 0 unspecified atom stereocenters. The average Bonchev–Trinajstić information content (AvgIpc) is 3.88. The smallest absolute Gasteiger partial charge is 0.132 e. The summed E-state index contributed by atoms with van der Waals surface area (Å²) < 4.78 is 9.43. The molecule has 296 valence electrons. The molecule has 13 rings (SSSR count). The lowest BCUT2D eigenvalue weighted by Gasteiger charge is -2.40. The molecule has 0 radical (unpaired) electrons. The van der Waals surface area contributed by atoms with Gasteiger partial charge in [-0.05, 0) is 106 Å². The first-order chi connectivity index (χ1) is 31.3. The van der Waals surface area contributed by atoms with Crippen molar-refractivity contribution in [2.45, 2.75) is 5.41 Å². The molecule has 1 aromatic heterocycles. The summed E-state index contributed by atoms with van der Waals surface area (Å²) in [5.41, 5.74) is 13.2. The average molecular weight is 823 g/mol. The van der Waals surface area contributed by atoms with Crippen LogP contribution in [0.25, 0.3) is 42.1 Å². The van der Waals surface area contributed by atoms with Crippen LogP contribution in [-0.2, 0) is 5.41 Å². The highest BCUT2D eigenvalue weighted by Gasteiger charge is 2.51. The molecule has 0 amide bonds. The first-order valence-electron chi connectivity index (χ1n) is 21.5. The van der Waals surface area contributed by atoms with E-state index in [9.17, 15) is 0 Å². The monoisotopic (exact) mass is 822 g/mol. The molecular weight excluding hydrogens is 785 g/mol. The largest absolute Gasteiger partial charge is 0.457 e. The van der Waals surface area contributed by atoms with E-state index in [1.807, 2.05) is 11.3 Å². The Morgan fingerprint density at radius 1 is 0.365 bits per heavy atom. The lowest BCUT2D eigenvalue weighted by Crippen LogP contribution is -2.32. The van der Waals surface area contributed by atoms with E-state index in [1.165, 1.54) is 53.2 Å². The Morgan fingerprint density at radius 2 is 0.921 bits per heavy atom. The van der Waals surface area contributed by atoms with Crippen molar-refractivity contribution in [3.05, 3.63) is 253 Å². The van der Waals surface area contributed by atoms with Gasteiger partial charge in [0.2, 0.25) is 0 Å². The Balaban J connectivity index is 1.13. The molecule has 1 spiro atoms. The number of benzene rings is 10. The van der Waals surface area contributed by atoms with E-state index in [-0.39, 0.29) is 0 Å². The molecule has 0 N–H and O–H groups in total. The van der Waals surface area contributed by atoms with Crippen molar-refractivity contribution in [1.82, 2.24) is 0 Å². The van der Waals surface area contributed by atoms with Gasteiger partial charge in [-0.2, -0.15) is 0 Å². The maximum Gasteiger partial charge on any atom is 0.132 e. The highest BCUT2D eigenvalue weighted by molar-refractivity contribution is 7.26. The number of anilines is 6. The third kappa shape index (κ3) is 5.32. The van der Waals surface area contributed by atoms with Crippen molar-refractivity contribution in [3.8, 4) is 22.6 Å². The maximum atomic E-state index is 6.92. The summed E-state index contributed by atoms with van der Waals surface area (Å²) in [6, 6.07) is 83.8. The topological polar surface area (TPSA) is 15.7 Å². The summed E-state index contributed by atoms with van der Waals surface area (Å²) in [6.07, 6.45) is 0. The molecule has 2 heterocycles. The van der Waals surface area contributed by atoms with Gasteiger partial charge in [-0.1, -0.05) is 158 Å². The van der Waals surface area contributed by atoms with Crippen LogP contribution >= 0.6 is 11.3 Å². The van der Waals surface area contributed by atoms with Gasteiger partial charge in [-0.15, -0.1) is 11.3 Å². The van der Waals surface area contributed by atoms with Gasteiger partial charge in [0.1, 0.15) is 11.5 Å². The molecule has 10 aromatic carbocycles. The van der Waals surface area contributed by atoms with Gasteiger partial charge in [0, 0.05) is 59.7 Å². The van der Waals surface area contributed by atoms with E-state index >= 15 is 0 Å². The molecular formula is C59H38N2OS. The van der Waals surface area contributed by atoms with Crippen molar-refractivity contribution >= 4 is 76.4 Å². The molecule has 3 nitrogen and oxygen atoms in total. The van der Waals surface area contributed by atoms with Crippen molar-refractivity contribution in [2.24, 2.45) is 0 Å². The summed E-state index contributed by atoms with van der Waals surface area (Å²) in [7, 11) is 0. The normalized spacial score (nSPS) is 13.0. The molecule has 4 heteroatoms. The van der Waals surface area contributed by atoms with Gasteiger partial charge in [0.05, 0.1) is 11.1 Å². The standard InChI is InChI=1S/C59H38N2OS/c1-4-19-40(20-5-1)60(41-21-6-2-7-22-41)44-37-53(57-48-34-32-39-18-10-11-25-45(39)58(48)63-56(57)38-44)61(42-23-8-3-9-24-42)43-33-35-55-52(36-43)59(51-30-16-17-31-54(51)62-55)49-28-14-12-26-46(49)47-27-13-15-29-50(47)59/h1-38H. The lowest BCUT2D eigenvalue weighted by molar-refractivity contribution is 0.436. The Morgan fingerprint density at radius 3 is 1.60 bits per heavy atom. The summed E-state index contributed by atoms with van der Waals surface area (Å²) in [5.74, 6) is 1.75. The third-order valence-electron chi connectivity index (χ3n) is 13.1. The van der Waals surface area contributed by atoms with Gasteiger partial charge in [0.15, 0.2) is 0 Å². The van der Waals surface area contributed by atoms with E-state index in [2.05, 4.69) is 240 Å². The molecule has 0 saturated carbocycles. The first kappa shape index (κ1) is 35.8. The predicted octanol–water partition coefficient (Wildman–Crippen LogP) is 16.6. The maximum absolute atomic E-state index is 6.92. The zero-order valence-electron chi connectivity index (χ0n) is 34.2. The first-order valence-corrected chi connectivity index (χ1v) is 22.3. The zero-order valence-corrected chi connectivity index (χ0v) is 35.0. The second-order valence-electron chi connectivity index (χ2n) is 16.4. The number of rotatable bonds is 6. The minimum Gasteiger partial charge on any atom is -0.457 e. The lowest BCUT2D eigenvalue weighted by atomic mass is 9.66. The van der Waals surface area contributed by atoms with E-state index in [4.69, 9.17) is 4.74 Å². The van der Waals surface area contributed by atoms with Crippen molar-refractivity contribution in [3.63, 3.8) is 0 Å². The molecule has 1 aliphatic carbocycles. The van der Waals surface area contributed by atoms with E-state index in [0.717, 1.165) is 56.8 Å². The van der Waals surface area contributed by atoms with Crippen molar-refractivity contribution in [1.29, 1.82) is 0 Å². The molecule has 63 heavy (non-hydrogen) atoms. The molecule has 2 aliphatic rings. The Kier molecular flexibility index (Phi) is 7.99. The summed E-state index contributed by atoms with van der Waals surface area (Å²) in [6.45, 7) is 0. The van der Waals surface area contributed by atoms with Crippen LogP contribution < -0.4 is 14.5 Å². The predicted molar refractivity (Wildman–Crippen MR) is 264 cm³/mol. The van der Waals surface area contributed by atoms with E-state index < -0.39 is 5.41 Å². The molecule has 0 fully saturated rings. The fourth-order valence-electron chi connectivity index (χ4n) is 10.5. The van der Waals surface area contributed by atoms with Crippen LogP contribution in [-0.4, -0.2) is 0 Å². The number of ether oxygens (including phenoxy) is 1. The second kappa shape index (κ2) is 14.1. The summed E-state index contributed by atoms with van der Waals surface area (Å²) >= 11 is 1.88. The number of para-hydroxylation sites is 4. The van der Waals surface area contributed by atoms with Crippen molar-refractivity contribution in [2.75, 3.05) is 9.80 Å². The highest BCUT2D eigenvalue weighted by atomic mass is 32.1. The fraction of sp³-hybridized carbons (Fsp3) is 0.0169. The van der Waals surface area contributed by atoms with E-state index in [0.29, 0.717) is 0 Å². The quantitative estimate of drug-likeness (QED) is 0.166. The van der Waals surface area contributed by atoms with Crippen LogP contribution in [0.3, 0.4) is 0 Å². The van der Waals surface area contributed by atoms with Gasteiger partial charge >= 0.3 is 0 Å². The third-order valence-corrected chi connectivity index (χ3v) is 14.2. The molecule has 1 aliphatic heterocycles. The molecule has 0 atom stereocenters. The Labute approximate surface area is 370 Å². The Hall–Kier alpha value is -7.92. The number of hydrogen-bond acceptors (Lipinski definition) is 4. The van der Waals surface area contributed by atoms with Crippen molar-refractivity contribution < 1.29 is 4.74 Å². The SMILES string of the molecule is c1ccc(N(c2ccccc2)c2cc(N(c3ccccc3)c3ccc4c(c3)C3(c5ccccc5O4)c4ccccc4-c4ccccc43)c3c(c2)sc2c4ccccc4ccc23)cc1. The van der Waals surface area contributed by atoms with E-state index in [1.54, 1.807) is 0 Å². The number of hydrogen-bond donors (Lipinski definition) is 0. The van der Waals surface area contributed by atoms with Gasteiger partial charge in [-0.25, -0.2) is 0 Å². The Bertz CT molecular complexity index is 3480. The number of thiophene rings is 1. The van der Waals surface area contributed by atoms with Crippen LogP contribution in [0, 0.1) is 0 Å². The number of nitrogens with zero attached hydrogens (tertiary/aromatic N) is 2. The van der Waals surface area contributed by atoms with Crippen LogP contribution in [0.5, 0.6) is 11.5 Å². The minimum absolute atomic E-state index is 0.599. The molecule has 0 bridgehead atoms. The van der Waals surface area contributed by atoms with Gasteiger partial charge in [-0.3, -0.25) is 0 Å². The van der Waals surface area contributed by atoms with Crippen LogP contribution in [0.1, 0.15) is 22.3 Å². The number of fused-ring (bicyclic) bond motifs is 14. The fourth-order valence-corrected chi connectivity index (χ4v) is 11.8. The van der Waals surface area contributed by atoms with Crippen LogP contribution in [0.15, 0.2) is 231 Å². The summed E-state index contributed by atoms with van der Waals surface area (Å²) in [5, 5.41) is 4.97. The molecule has 0 saturated heterocycles. The van der Waals surface area contributed by atoms with Gasteiger partial charge < -0.3 is 14.5 Å². The van der Waals surface area contributed by atoms with Crippen LogP contribution in [0.4, 0.5) is 34.1 Å². The molecule has 11 aromatic rings. The second-order valence-corrected chi connectivity index (χ2v) is 17.5. The highest BCUT2D eigenvalue weighted by Crippen LogP contribution is 2.63.